The highest BCUT2D eigenvalue weighted by Crippen LogP contribution is 2.30. The number of nitrogens with zero attached hydrogens (tertiary/aromatic N) is 4. The van der Waals surface area contributed by atoms with Crippen LogP contribution in [-0.2, 0) is 6.42 Å². The minimum absolute atomic E-state index is 0.0138. The Balaban J connectivity index is 2.62. The second-order valence-corrected chi connectivity index (χ2v) is 4.27. The fraction of sp³-hybridized carbons (Fsp3) is 0.200. The van der Waals surface area contributed by atoms with Gasteiger partial charge in [0.1, 0.15) is 5.69 Å². The Morgan fingerprint density at radius 3 is 2.50 bits per heavy atom. The van der Waals surface area contributed by atoms with Crippen LogP contribution < -0.4 is 0 Å². The molecule has 0 amide bonds. The molecule has 0 fully saturated rings. The second kappa shape index (κ2) is 4.91. The Morgan fingerprint density at radius 1 is 1.39 bits per heavy atom. The molecule has 6 nitrogen and oxygen atoms in total. The van der Waals surface area contributed by atoms with E-state index in [0.717, 1.165) is 0 Å². The summed E-state index contributed by atoms with van der Waals surface area (Å²) in [6.45, 7) is 1.88. The van der Waals surface area contributed by atoms with Gasteiger partial charge in [-0.2, -0.15) is 4.68 Å². The molecule has 18 heavy (non-hydrogen) atoms. The summed E-state index contributed by atoms with van der Waals surface area (Å²) in [4.78, 5) is 10.9. The number of halogens is 2. The van der Waals surface area contributed by atoms with E-state index in [4.69, 9.17) is 28.3 Å². The summed E-state index contributed by atoms with van der Waals surface area (Å²) in [5.41, 5.74) is 0.394. The molecule has 2 aromatic rings. The Bertz CT molecular complexity index is 589. The molecule has 1 N–H and O–H groups in total. The fourth-order valence-corrected chi connectivity index (χ4v) is 2.14. The van der Waals surface area contributed by atoms with Gasteiger partial charge in [0.05, 0.1) is 15.6 Å². The van der Waals surface area contributed by atoms with E-state index in [9.17, 15) is 4.79 Å². The Hall–Kier alpha value is -1.66. The van der Waals surface area contributed by atoms with Crippen LogP contribution in [0.1, 0.15) is 23.1 Å². The van der Waals surface area contributed by atoms with Crippen molar-refractivity contribution < 1.29 is 9.90 Å². The topological polar surface area (TPSA) is 80.9 Å². The third-order valence-corrected chi connectivity index (χ3v) is 2.90. The number of carboxylic acids is 1. The molecule has 0 saturated heterocycles. The zero-order chi connectivity index (χ0) is 13.3. The maximum atomic E-state index is 10.9. The lowest BCUT2D eigenvalue weighted by Gasteiger charge is -2.09. The summed E-state index contributed by atoms with van der Waals surface area (Å²) in [6, 6.07) is 2.62. The number of aromatic carboxylic acids is 1. The first-order valence-corrected chi connectivity index (χ1v) is 5.80. The first-order valence-electron chi connectivity index (χ1n) is 5.04. The number of carbonyl (C=O) groups is 1. The summed E-state index contributed by atoms with van der Waals surface area (Å²) in [6.07, 6.45) is 0.598. The summed E-state index contributed by atoms with van der Waals surface area (Å²) >= 11 is 12.1. The number of aromatic nitrogens is 4. The van der Waals surface area contributed by atoms with E-state index >= 15 is 0 Å². The van der Waals surface area contributed by atoms with Gasteiger partial charge in [-0.1, -0.05) is 30.1 Å². The molecule has 1 aromatic carbocycles. The van der Waals surface area contributed by atoms with Crippen molar-refractivity contribution >= 4 is 29.2 Å². The van der Waals surface area contributed by atoms with E-state index in [1.165, 1.54) is 16.8 Å². The zero-order valence-corrected chi connectivity index (χ0v) is 10.8. The molecular formula is C10H8Cl2N4O2. The minimum Gasteiger partial charge on any atom is -0.478 e. The van der Waals surface area contributed by atoms with Crippen LogP contribution in [0, 0.1) is 0 Å². The molecule has 0 saturated carbocycles. The molecule has 0 unspecified atom stereocenters. The predicted molar refractivity (Wildman–Crippen MR) is 65.5 cm³/mol. The average molecular weight is 287 g/mol. The molecule has 0 radical (unpaired) electrons. The van der Waals surface area contributed by atoms with E-state index in [-0.39, 0.29) is 15.6 Å². The number of hydrogen-bond donors (Lipinski definition) is 1. The smallest absolute Gasteiger partial charge is 0.335 e. The van der Waals surface area contributed by atoms with Crippen LogP contribution >= 0.6 is 23.2 Å². The normalized spacial score (nSPS) is 10.6. The Kier molecular flexibility index (Phi) is 3.49. The largest absolute Gasteiger partial charge is 0.478 e. The van der Waals surface area contributed by atoms with Crippen LogP contribution in [0.25, 0.3) is 5.69 Å². The van der Waals surface area contributed by atoms with Gasteiger partial charge >= 0.3 is 5.97 Å². The number of rotatable bonds is 3. The van der Waals surface area contributed by atoms with E-state index < -0.39 is 5.97 Å². The molecule has 0 aliphatic heterocycles. The Morgan fingerprint density at radius 2 is 2.00 bits per heavy atom. The molecule has 1 heterocycles. The summed E-state index contributed by atoms with van der Waals surface area (Å²) in [5, 5.41) is 20.4. The van der Waals surface area contributed by atoms with Gasteiger partial charge in [-0.15, -0.1) is 5.10 Å². The van der Waals surface area contributed by atoms with E-state index in [0.29, 0.717) is 17.9 Å². The lowest BCUT2D eigenvalue weighted by molar-refractivity contribution is 0.0697. The quantitative estimate of drug-likeness (QED) is 0.936. The van der Waals surface area contributed by atoms with Crippen LogP contribution in [0.15, 0.2) is 12.1 Å². The van der Waals surface area contributed by atoms with Crippen molar-refractivity contribution in [3.8, 4) is 5.69 Å². The van der Waals surface area contributed by atoms with Gasteiger partial charge < -0.3 is 5.11 Å². The van der Waals surface area contributed by atoms with E-state index in [2.05, 4.69) is 15.5 Å². The molecule has 8 heteroatoms. The Labute approximate surface area is 112 Å². The number of aryl methyl sites for hydroxylation is 1. The molecule has 94 valence electrons. The van der Waals surface area contributed by atoms with Crippen molar-refractivity contribution in [1.29, 1.82) is 0 Å². The minimum atomic E-state index is -1.10. The second-order valence-electron chi connectivity index (χ2n) is 3.45. The van der Waals surface area contributed by atoms with Crippen LogP contribution in [0.5, 0.6) is 0 Å². The van der Waals surface area contributed by atoms with Gasteiger partial charge in [-0.25, -0.2) is 4.79 Å². The third-order valence-electron chi connectivity index (χ3n) is 2.33. The van der Waals surface area contributed by atoms with Crippen molar-refractivity contribution in [2.24, 2.45) is 0 Å². The molecule has 2 rings (SSSR count). The molecular weight excluding hydrogens is 279 g/mol. The predicted octanol–water partition coefficient (Wildman–Crippen LogP) is 2.23. The molecule has 0 atom stereocenters. The highest BCUT2D eigenvalue weighted by molar-refractivity contribution is 6.38. The number of tetrazole rings is 1. The highest BCUT2D eigenvalue weighted by Gasteiger charge is 2.17. The first kappa shape index (κ1) is 12.8. The first-order chi connectivity index (χ1) is 8.54. The summed E-state index contributed by atoms with van der Waals surface area (Å²) in [7, 11) is 0. The van der Waals surface area contributed by atoms with Gasteiger partial charge in [0.15, 0.2) is 5.82 Å². The lowest BCUT2D eigenvalue weighted by Crippen LogP contribution is -2.06. The summed E-state index contributed by atoms with van der Waals surface area (Å²) < 4.78 is 1.40. The number of hydrogen-bond acceptors (Lipinski definition) is 4. The molecule has 1 aromatic heterocycles. The van der Waals surface area contributed by atoms with Crippen LogP contribution in [0.4, 0.5) is 0 Å². The van der Waals surface area contributed by atoms with E-state index in [1.54, 1.807) is 0 Å². The lowest BCUT2D eigenvalue weighted by atomic mass is 10.2. The monoisotopic (exact) mass is 286 g/mol. The third kappa shape index (κ3) is 2.16. The van der Waals surface area contributed by atoms with Gasteiger partial charge in [0.25, 0.3) is 0 Å². The molecule has 0 bridgehead atoms. The maximum absolute atomic E-state index is 10.9. The summed E-state index contributed by atoms with van der Waals surface area (Å²) in [5.74, 6) is -0.514. The van der Waals surface area contributed by atoms with Crippen molar-refractivity contribution in [1.82, 2.24) is 20.2 Å². The molecule has 0 aliphatic carbocycles. The number of benzene rings is 1. The van der Waals surface area contributed by atoms with Crippen LogP contribution in [-0.4, -0.2) is 31.3 Å². The standard InChI is InChI=1S/C10H8Cl2N4O2/c1-2-8-13-14-15-16(8)9-6(11)3-5(10(17)18)4-7(9)12/h3-4H,2H2,1H3,(H,17,18). The van der Waals surface area contributed by atoms with Crippen LogP contribution in [0.3, 0.4) is 0 Å². The van der Waals surface area contributed by atoms with Crippen LogP contribution in [0.2, 0.25) is 10.0 Å². The van der Waals surface area contributed by atoms with Gasteiger partial charge in [0.2, 0.25) is 0 Å². The van der Waals surface area contributed by atoms with Crippen molar-refractivity contribution in [2.45, 2.75) is 13.3 Å². The van der Waals surface area contributed by atoms with Crippen molar-refractivity contribution in [2.75, 3.05) is 0 Å². The highest BCUT2D eigenvalue weighted by atomic mass is 35.5. The van der Waals surface area contributed by atoms with Crippen molar-refractivity contribution in [3.05, 3.63) is 33.6 Å². The van der Waals surface area contributed by atoms with Gasteiger partial charge in [-0.05, 0) is 22.6 Å². The average Bonchev–Trinajstić information content (AvgIpc) is 2.76. The van der Waals surface area contributed by atoms with E-state index in [1.807, 2.05) is 6.92 Å². The van der Waals surface area contributed by atoms with Gasteiger partial charge in [-0.3, -0.25) is 0 Å². The SMILES string of the molecule is CCc1nnnn1-c1c(Cl)cc(C(=O)O)cc1Cl. The number of carboxylic acid groups (broad SMARTS) is 1. The van der Waals surface area contributed by atoms with Gasteiger partial charge in [0, 0.05) is 6.42 Å². The van der Waals surface area contributed by atoms with Crippen molar-refractivity contribution in [3.63, 3.8) is 0 Å². The molecule has 0 spiro atoms. The molecule has 0 aliphatic rings. The maximum Gasteiger partial charge on any atom is 0.335 e. The zero-order valence-electron chi connectivity index (χ0n) is 9.26. The fourth-order valence-electron chi connectivity index (χ4n) is 1.49.